The molecule has 0 aliphatic carbocycles. The van der Waals surface area contributed by atoms with E-state index >= 15 is 0 Å². The number of carbonyl (C=O) groups excluding carboxylic acids is 1. The topological polar surface area (TPSA) is 81.2 Å². The first-order valence-corrected chi connectivity index (χ1v) is 11.9. The Morgan fingerprint density at radius 1 is 1.28 bits per heavy atom. The summed E-state index contributed by atoms with van der Waals surface area (Å²) in [6.45, 7) is 7.04. The van der Waals surface area contributed by atoms with Crippen molar-refractivity contribution in [2.45, 2.75) is 83.6 Å². The van der Waals surface area contributed by atoms with Crippen LogP contribution in [0.1, 0.15) is 70.9 Å². The summed E-state index contributed by atoms with van der Waals surface area (Å²) in [6.07, 6.45) is 9.38. The van der Waals surface area contributed by atoms with Gasteiger partial charge < -0.3 is 20.0 Å². The van der Waals surface area contributed by atoms with Gasteiger partial charge in [0.2, 0.25) is 5.91 Å². The van der Waals surface area contributed by atoms with Gasteiger partial charge >= 0.3 is 0 Å². The first-order valence-electron chi connectivity index (χ1n) is 11.9. The van der Waals surface area contributed by atoms with Crippen molar-refractivity contribution >= 4 is 11.7 Å². The van der Waals surface area contributed by atoms with Crippen molar-refractivity contribution in [1.29, 1.82) is 0 Å². The maximum atomic E-state index is 12.2. The molecule has 8 nitrogen and oxygen atoms in total. The second kappa shape index (κ2) is 10.3. The van der Waals surface area contributed by atoms with E-state index in [0.717, 1.165) is 43.9 Å². The molecule has 0 aromatic heterocycles. The Balaban J connectivity index is 1.31. The number of fused-ring (bicyclic) bond motifs is 3. The van der Waals surface area contributed by atoms with E-state index in [0.29, 0.717) is 12.8 Å². The minimum absolute atomic E-state index is 0.0711. The number of nitrogens with one attached hydrogen (secondary N) is 3. The Morgan fingerprint density at radius 3 is 2.84 bits per heavy atom. The number of rotatable bonds is 10. The van der Waals surface area contributed by atoms with Gasteiger partial charge in [-0.3, -0.25) is 10.2 Å². The number of hydrazine groups is 1. The molecule has 0 bridgehead atoms. The molecule has 0 radical (unpaired) electrons. The highest BCUT2D eigenvalue weighted by Gasteiger charge is 2.44. The van der Waals surface area contributed by atoms with Crippen molar-refractivity contribution < 1.29 is 9.53 Å². The summed E-state index contributed by atoms with van der Waals surface area (Å²) in [7, 11) is 0. The molecule has 8 heteroatoms. The van der Waals surface area contributed by atoms with Gasteiger partial charge in [0.15, 0.2) is 0 Å². The highest BCUT2D eigenvalue weighted by molar-refractivity contribution is 5.89. The Bertz CT molecular complexity index is 839. The lowest BCUT2D eigenvalue weighted by Crippen LogP contribution is -2.54. The molecule has 3 heterocycles. The molecule has 3 aliphatic heterocycles. The second-order valence-corrected chi connectivity index (χ2v) is 8.85. The third-order valence-electron chi connectivity index (χ3n) is 6.46. The lowest BCUT2D eigenvalue weighted by molar-refractivity contribution is -0.121. The molecule has 4 atom stereocenters. The number of carbonyl (C=O) groups is 1. The van der Waals surface area contributed by atoms with Crippen molar-refractivity contribution in [3.63, 3.8) is 0 Å². The summed E-state index contributed by atoms with van der Waals surface area (Å²) in [4.78, 5) is 14.3. The lowest BCUT2D eigenvalue weighted by Gasteiger charge is -2.37. The molecule has 3 unspecified atom stereocenters. The van der Waals surface area contributed by atoms with Crippen molar-refractivity contribution in [3.8, 4) is 5.75 Å². The number of amides is 1. The molecule has 1 saturated heterocycles. The van der Waals surface area contributed by atoms with E-state index in [1.54, 1.807) is 0 Å². The molecule has 1 aromatic carbocycles. The van der Waals surface area contributed by atoms with E-state index < -0.39 is 0 Å². The minimum atomic E-state index is 0.0711. The molecule has 1 aromatic rings. The second-order valence-electron chi connectivity index (χ2n) is 8.85. The molecule has 1 amide bonds. The standard InChI is InChI=1S/C24H36N6O2/c1-4-6-15-32-19-9-7-18(8-10-19)20-16-21-24-27-26-22(29(24)13-14-30(21)28-20)11-12-23(31)25-17(3)5-2/h7-10,13-14,17,20-21,24,27-28H,4-6,11-12,15-16H2,1-3H3,(H,25,31)/t17-,20?,21?,24?/m0/s1. The van der Waals surface area contributed by atoms with Crippen molar-refractivity contribution in [3.05, 3.63) is 42.2 Å². The predicted molar refractivity (Wildman–Crippen MR) is 125 cm³/mol. The monoisotopic (exact) mass is 440 g/mol. The van der Waals surface area contributed by atoms with Gasteiger partial charge in [-0.2, -0.15) is 5.10 Å². The Hall–Kier alpha value is -2.74. The normalized spacial score (nSPS) is 24.5. The van der Waals surface area contributed by atoms with Gasteiger partial charge in [0.05, 0.1) is 18.7 Å². The third-order valence-corrected chi connectivity index (χ3v) is 6.46. The molecule has 3 N–H and O–H groups in total. The van der Waals surface area contributed by atoms with Gasteiger partial charge in [-0.15, -0.1) is 0 Å². The maximum absolute atomic E-state index is 12.2. The zero-order valence-corrected chi connectivity index (χ0v) is 19.4. The van der Waals surface area contributed by atoms with Crippen LogP contribution >= 0.6 is 0 Å². The van der Waals surface area contributed by atoms with Gasteiger partial charge in [-0.05, 0) is 43.9 Å². The number of amidine groups is 1. The highest BCUT2D eigenvalue weighted by atomic mass is 16.5. The van der Waals surface area contributed by atoms with Gasteiger partial charge in [0, 0.05) is 31.3 Å². The van der Waals surface area contributed by atoms with E-state index in [1.807, 2.05) is 13.1 Å². The van der Waals surface area contributed by atoms with Crippen molar-refractivity contribution in [1.82, 2.24) is 26.1 Å². The summed E-state index contributed by atoms with van der Waals surface area (Å²) >= 11 is 0. The summed E-state index contributed by atoms with van der Waals surface area (Å²) in [6, 6.07) is 9.12. The number of hydrazone groups is 1. The molecular weight excluding hydrogens is 404 g/mol. The van der Waals surface area contributed by atoms with Crippen LogP contribution in [-0.2, 0) is 4.79 Å². The molecular formula is C24H36N6O2. The van der Waals surface area contributed by atoms with Gasteiger partial charge in [0.1, 0.15) is 17.8 Å². The van der Waals surface area contributed by atoms with Crippen LogP contribution in [0.4, 0.5) is 0 Å². The quantitative estimate of drug-likeness (QED) is 0.485. The van der Waals surface area contributed by atoms with Gasteiger partial charge in [0.25, 0.3) is 0 Å². The number of benzene rings is 1. The molecule has 0 saturated carbocycles. The largest absolute Gasteiger partial charge is 0.494 e. The number of hydrogen-bond acceptors (Lipinski definition) is 7. The number of nitrogens with zero attached hydrogens (tertiary/aromatic N) is 3. The van der Waals surface area contributed by atoms with Gasteiger partial charge in [-0.25, -0.2) is 5.43 Å². The fraction of sp³-hybridized carbons (Fsp3) is 0.583. The number of hydrogen-bond donors (Lipinski definition) is 3. The van der Waals surface area contributed by atoms with E-state index in [2.05, 4.69) is 75.5 Å². The van der Waals surface area contributed by atoms with Crippen LogP contribution < -0.4 is 20.9 Å². The lowest BCUT2D eigenvalue weighted by atomic mass is 9.99. The van der Waals surface area contributed by atoms with Gasteiger partial charge in [-0.1, -0.05) is 32.4 Å². The van der Waals surface area contributed by atoms with Crippen molar-refractivity contribution in [2.75, 3.05) is 6.61 Å². The van der Waals surface area contributed by atoms with E-state index in [9.17, 15) is 4.79 Å². The van der Waals surface area contributed by atoms with Crippen LogP contribution in [0, 0.1) is 0 Å². The zero-order chi connectivity index (χ0) is 22.5. The number of ether oxygens (including phenoxy) is 1. The highest BCUT2D eigenvalue weighted by Crippen LogP contribution is 2.34. The molecule has 0 spiro atoms. The van der Waals surface area contributed by atoms with Crippen LogP contribution in [-0.4, -0.2) is 46.5 Å². The van der Waals surface area contributed by atoms with Crippen LogP contribution in [0.25, 0.3) is 0 Å². The molecule has 4 rings (SSSR count). The minimum Gasteiger partial charge on any atom is -0.494 e. The Labute approximate surface area is 191 Å². The first-order chi connectivity index (χ1) is 15.6. The zero-order valence-electron chi connectivity index (χ0n) is 19.4. The average molecular weight is 441 g/mol. The fourth-order valence-electron chi connectivity index (χ4n) is 4.33. The molecule has 32 heavy (non-hydrogen) atoms. The average Bonchev–Trinajstić information content (AvgIpc) is 3.42. The molecule has 1 fully saturated rings. The summed E-state index contributed by atoms with van der Waals surface area (Å²) in [5, 5.41) is 9.75. The number of unbranched alkanes of at least 4 members (excludes halogenated alkanes) is 1. The fourth-order valence-corrected chi connectivity index (χ4v) is 4.33. The van der Waals surface area contributed by atoms with E-state index in [4.69, 9.17) is 4.74 Å². The van der Waals surface area contributed by atoms with E-state index in [1.165, 1.54) is 5.56 Å². The summed E-state index contributed by atoms with van der Waals surface area (Å²) in [5.74, 6) is 1.93. The maximum Gasteiger partial charge on any atom is 0.220 e. The van der Waals surface area contributed by atoms with Crippen LogP contribution in [0.5, 0.6) is 5.75 Å². The third kappa shape index (κ3) is 5.01. The Morgan fingerprint density at radius 2 is 2.09 bits per heavy atom. The van der Waals surface area contributed by atoms with E-state index in [-0.39, 0.29) is 30.2 Å². The summed E-state index contributed by atoms with van der Waals surface area (Å²) < 4.78 is 5.79. The van der Waals surface area contributed by atoms with Crippen molar-refractivity contribution in [2.24, 2.45) is 5.10 Å². The van der Waals surface area contributed by atoms with Crippen LogP contribution in [0.15, 0.2) is 41.8 Å². The Kier molecular flexibility index (Phi) is 7.19. The summed E-state index contributed by atoms with van der Waals surface area (Å²) in [5.41, 5.74) is 8.16. The molecule has 3 aliphatic rings. The van der Waals surface area contributed by atoms with Crippen LogP contribution in [0.2, 0.25) is 0 Å². The smallest absolute Gasteiger partial charge is 0.220 e. The van der Waals surface area contributed by atoms with Crippen LogP contribution in [0.3, 0.4) is 0 Å². The first kappa shape index (κ1) is 22.5. The molecule has 174 valence electrons. The SMILES string of the molecule is CCCCOc1ccc(C2CC3C4NN=C(CCC(=O)N[C@@H](C)CC)N4C=CN3N2)cc1. The predicted octanol–water partition coefficient (Wildman–Crippen LogP) is 3.21.